The molecule has 0 aromatic heterocycles. The molecule has 2 aliphatic rings. The Morgan fingerprint density at radius 2 is 2.15 bits per heavy atom. The van der Waals surface area contributed by atoms with E-state index in [-0.39, 0.29) is 34.5 Å². The van der Waals surface area contributed by atoms with E-state index in [2.05, 4.69) is 0 Å². The number of hydrogen-bond donors (Lipinski definition) is 1. The number of benzene rings is 1. The summed E-state index contributed by atoms with van der Waals surface area (Å²) in [5.74, 6) is -0.958. The van der Waals surface area contributed by atoms with Gasteiger partial charge < -0.3 is 14.6 Å². The molecule has 1 atom stereocenters. The first-order valence-electron chi connectivity index (χ1n) is 6.39. The molecular formula is C15H14O5. The van der Waals surface area contributed by atoms with Crippen LogP contribution in [-0.2, 0) is 15.9 Å². The molecule has 20 heavy (non-hydrogen) atoms. The third kappa shape index (κ3) is 1.67. The van der Waals surface area contributed by atoms with Crippen LogP contribution in [0.25, 0.3) is 0 Å². The highest BCUT2D eigenvalue weighted by Crippen LogP contribution is 2.39. The Hall–Kier alpha value is -2.14. The number of Topliss-reactive ketones (excluding diaryl/α,β-unsaturated/α-hetero) is 1. The Bertz CT molecular complexity index is 657. The first-order chi connectivity index (χ1) is 9.54. The zero-order valence-corrected chi connectivity index (χ0v) is 11.2. The van der Waals surface area contributed by atoms with Crippen LogP contribution in [0.3, 0.4) is 0 Å². The van der Waals surface area contributed by atoms with Gasteiger partial charge in [0.1, 0.15) is 5.75 Å². The quantitative estimate of drug-likeness (QED) is 0.847. The number of carbonyl (C=O) groups excluding carboxylic acids is 2. The lowest BCUT2D eigenvalue weighted by Gasteiger charge is -2.27. The molecule has 0 spiro atoms. The second-order valence-electron chi connectivity index (χ2n) is 4.88. The maximum absolute atomic E-state index is 12.2. The predicted octanol–water partition coefficient (Wildman–Crippen LogP) is 1.94. The minimum absolute atomic E-state index is 0.0437. The molecule has 0 radical (unpaired) electrons. The summed E-state index contributed by atoms with van der Waals surface area (Å²) < 4.78 is 10.4. The van der Waals surface area contributed by atoms with E-state index in [1.54, 1.807) is 6.07 Å². The van der Waals surface area contributed by atoms with Gasteiger partial charge in [0, 0.05) is 17.2 Å². The smallest absolute Gasteiger partial charge is 0.232 e. The molecule has 0 saturated heterocycles. The lowest BCUT2D eigenvalue weighted by molar-refractivity contribution is 0.0545. The number of aromatic hydroxyl groups is 1. The average Bonchev–Trinajstić information content (AvgIpc) is 2.43. The van der Waals surface area contributed by atoms with Gasteiger partial charge in [-0.3, -0.25) is 9.59 Å². The van der Waals surface area contributed by atoms with Gasteiger partial charge in [0.15, 0.2) is 11.5 Å². The zero-order chi connectivity index (χ0) is 14.4. The van der Waals surface area contributed by atoms with E-state index in [9.17, 15) is 14.7 Å². The topological polar surface area (TPSA) is 72.8 Å². The molecule has 0 amide bonds. The van der Waals surface area contributed by atoms with Gasteiger partial charge in [-0.2, -0.15) is 0 Å². The first-order valence-corrected chi connectivity index (χ1v) is 6.39. The Balaban J connectivity index is 2.27. The highest BCUT2D eigenvalue weighted by Gasteiger charge is 2.34. The first kappa shape index (κ1) is 12.9. The van der Waals surface area contributed by atoms with Crippen LogP contribution >= 0.6 is 0 Å². The van der Waals surface area contributed by atoms with Crippen LogP contribution in [0.2, 0.25) is 0 Å². The molecule has 1 aliphatic heterocycles. The van der Waals surface area contributed by atoms with Crippen LogP contribution in [0.15, 0.2) is 17.9 Å². The molecule has 5 nitrogen and oxygen atoms in total. The van der Waals surface area contributed by atoms with Crippen molar-refractivity contribution in [2.45, 2.75) is 19.4 Å². The van der Waals surface area contributed by atoms with Crippen molar-refractivity contribution in [1.29, 1.82) is 0 Å². The van der Waals surface area contributed by atoms with Crippen LogP contribution in [0.1, 0.15) is 44.9 Å². The molecule has 1 aromatic rings. The van der Waals surface area contributed by atoms with Crippen LogP contribution in [0, 0.1) is 0 Å². The lowest BCUT2D eigenvalue weighted by atomic mass is 9.85. The minimum Gasteiger partial charge on any atom is -0.507 e. The third-order valence-electron chi connectivity index (χ3n) is 3.80. The van der Waals surface area contributed by atoms with Crippen molar-refractivity contribution in [3.63, 3.8) is 0 Å². The number of phenolic OH excluding ortho intramolecular Hbond substituents is 1. The SMILES string of the molecule is COC1=CC(=O)c2cc3c(c(O)c2C1=O)CCO[C@@H]3C. The number of allylic oxidation sites excluding steroid dienone is 2. The monoisotopic (exact) mass is 274 g/mol. The van der Waals surface area contributed by atoms with Crippen LogP contribution in [0.5, 0.6) is 5.75 Å². The van der Waals surface area contributed by atoms with Gasteiger partial charge in [-0.15, -0.1) is 0 Å². The van der Waals surface area contributed by atoms with Crippen molar-refractivity contribution in [1.82, 2.24) is 0 Å². The highest BCUT2D eigenvalue weighted by molar-refractivity contribution is 6.25. The summed E-state index contributed by atoms with van der Waals surface area (Å²) in [5.41, 5.74) is 1.70. The maximum Gasteiger partial charge on any atom is 0.232 e. The molecule has 1 N–H and O–H groups in total. The summed E-state index contributed by atoms with van der Waals surface area (Å²) in [5, 5.41) is 10.4. The summed E-state index contributed by atoms with van der Waals surface area (Å²) in [6.45, 7) is 2.34. The van der Waals surface area contributed by atoms with E-state index >= 15 is 0 Å². The Labute approximate surface area is 115 Å². The minimum atomic E-state index is -0.457. The van der Waals surface area contributed by atoms with Crippen LogP contribution < -0.4 is 0 Å². The molecule has 0 bridgehead atoms. The van der Waals surface area contributed by atoms with Gasteiger partial charge in [-0.1, -0.05) is 0 Å². The summed E-state index contributed by atoms with van der Waals surface area (Å²) in [4.78, 5) is 24.3. The highest BCUT2D eigenvalue weighted by atomic mass is 16.5. The number of rotatable bonds is 1. The standard InChI is InChI=1S/C15H14O5/c1-7-9-5-10-11(16)6-12(19-2)15(18)13(10)14(17)8(9)3-4-20-7/h5-7,17H,3-4H2,1-2H3/t7-/m1/s1. The molecule has 0 fully saturated rings. The number of fused-ring (bicyclic) bond motifs is 2. The summed E-state index contributed by atoms with van der Waals surface area (Å²) in [6, 6.07) is 1.65. The van der Waals surface area contributed by atoms with E-state index in [1.807, 2.05) is 6.92 Å². The third-order valence-corrected chi connectivity index (χ3v) is 3.80. The second-order valence-corrected chi connectivity index (χ2v) is 4.88. The molecule has 0 unspecified atom stereocenters. The predicted molar refractivity (Wildman–Crippen MR) is 69.9 cm³/mol. The largest absolute Gasteiger partial charge is 0.507 e. The Kier molecular flexibility index (Phi) is 2.87. The van der Waals surface area contributed by atoms with Gasteiger partial charge in [0.05, 0.1) is 25.4 Å². The van der Waals surface area contributed by atoms with Crippen molar-refractivity contribution in [3.8, 4) is 5.75 Å². The number of carbonyl (C=O) groups is 2. The molecule has 1 aromatic carbocycles. The fourth-order valence-corrected chi connectivity index (χ4v) is 2.74. The van der Waals surface area contributed by atoms with Crippen molar-refractivity contribution in [3.05, 3.63) is 40.2 Å². The van der Waals surface area contributed by atoms with Gasteiger partial charge in [0.2, 0.25) is 5.78 Å². The summed E-state index contributed by atoms with van der Waals surface area (Å²) in [7, 11) is 1.33. The Morgan fingerprint density at radius 1 is 1.40 bits per heavy atom. The van der Waals surface area contributed by atoms with Gasteiger partial charge in [0.25, 0.3) is 0 Å². The van der Waals surface area contributed by atoms with Crippen LogP contribution in [0.4, 0.5) is 0 Å². The summed E-state index contributed by atoms with van der Waals surface area (Å²) in [6.07, 6.45) is 1.47. The van der Waals surface area contributed by atoms with Crippen molar-refractivity contribution >= 4 is 11.6 Å². The van der Waals surface area contributed by atoms with Gasteiger partial charge in [-0.05, 0) is 25.0 Å². The van der Waals surface area contributed by atoms with E-state index < -0.39 is 5.78 Å². The molecule has 1 aliphatic carbocycles. The van der Waals surface area contributed by atoms with Crippen molar-refractivity contribution < 1.29 is 24.2 Å². The van der Waals surface area contributed by atoms with E-state index in [4.69, 9.17) is 9.47 Å². The molecule has 3 rings (SSSR count). The molecule has 0 saturated carbocycles. The van der Waals surface area contributed by atoms with E-state index in [1.165, 1.54) is 7.11 Å². The van der Waals surface area contributed by atoms with Crippen molar-refractivity contribution in [2.24, 2.45) is 0 Å². The van der Waals surface area contributed by atoms with E-state index in [0.29, 0.717) is 18.6 Å². The summed E-state index contributed by atoms with van der Waals surface area (Å²) >= 11 is 0. The fourth-order valence-electron chi connectivity index (χ4n) is 2.74. The normalized spacial score (nSPS) is 21.1. The number of ketones is 2. The number of methoxy groups -OCH3 is 1. The van der Waals surface area contributed by atoms with E-state index in [0.717, 1.165) is 11.6 Å². The number of phenols is 1. The maximum atomic E-state index is 12.2. The van der Waals surface area contributed by atoms with Crippen LogP contribution in [-0.4, -0.2) is 30.4 Å². The number of hydrogen-bond acceptors (Lipinski definition) is 5. The Morgan fingerprint density at radius 3 is 2.85 bits per heavy atom. The number of ether oxygens (including phenoxy) is 2. The molecule has 1 heterocycles. The molecule has 5 heteroatoms. The van der Waals surface area contributed by atoms with Gasteiger partial charge in [-0.25, -0.2) is 0 Å². The molecular weight excluding hydrogens is 260 g/mol. The zero-order valence-electron chi connectivity index (χ0n) is 11.2. The fraction of sp³-hybridized carbons (Fsp3) is 0.333. The lowest BCUT2D eigenvalue weighted by Crippen LogP contribution is -2.22. The average molecular weight is 274 g/mol. The van der Waals surface area contributed by atoms with Crippen molar-refractivity contribution in [2.75, 3.05) is 13.7 Å². The molecule has 104 valence electrons. The second kappa shape index (κ2) is 4.45. The van der Waals surface area contributed by atoms with Gasteiger partial charge >= 0.3 is 0 Å².